The molecule has 0 saturated heterocycles. The first-order valence-corrected chi connectivity index (χ1v) is 7.71. The third kappa shape index (κ3) is 2.46. The molecule has 0 N–H and O–H groups in total. The van der Waals surface area contributed by atoms with Crippen LogP contribution >= 0.6 is 0 Å². The Morgan fingerprint density at radius 3 is 1.80 bits per heavy atom. The maximum Gasteiger partial charge on any atom is 0.0349 e. The van der Waals surface area contributed by atoms with Crippen molar-refractivity contribution in [2.45, 2.75) is 65.2 Å². The predicted molar refractivity (Wildman–Crippen MR) is 88.4 cm³/mol. The molecule has 1 nitrogen and oxygen atoms in total. The molecule has 1 heteroatoms. The summed E-state index contributed by atoms with van der Waals surface area (Å²) in [6.07, 6.45) is 6.23. The summed E-state index contributed by atoms with van der Waals surface area (Å²) >= 11 is 0. The molecule has 20 heavy (non-hydrogen) atoms. The van der Waals surface area contributed by atoms with Gasteiger partial charge in [-0.1, -0.05) is 53.7 Å². The number of nitrogens with zero attached hydrogens (tertiary/aromatic N) is 1. The van der Waals surface area contributed by atoms with Gasteiger partial charge in [0.05, 0.1) is 0 Å². The van der Waals surface area contributed by atoms with Gasteiger partial charge in [0.1, 0.15) is 0 Å². The summed E-state index contributed by atoms with van der Waals surface area (Å²) in [6, 6.07) is 6.83. The molecular formula is C19H27N. The van der Waals surface area contributed by atoms with Crippen molar-refractivity contribution < 1.29 is 0 Å². The fraction of sp³-hybridized carbons (Fsp3) is 0.526. The zero-order chi connectivity index (χ0) is 15.0. The van der Waals surface area contributed by atoms with E-state index in [0.717, 1.165) is 12.8 Å². The van der Waals surface area contributed by atoms with E-state index in [0.29, 0.717) is 0 Å². The van der Waals surface area contributed by atoms with Gasteiger partial charge in [-0.3, -0.25) is 4.98 Å². The van der Waals surface area contributed by atoms with Crippen molar-refractivity contribution in [3.05, 3.63) is 41.7 Å². The Morgan fingerprint density at radius 1 is 0.800 bits per heavy atom. The number of hydrogen-bond acceptors (Lipinski definition) is 1. The lowest BCUT2D eigenvalue weighted by Crippen LogP contribution is -2.19. The van der Waals surface area contributed by atoms with Crippen molar-refractivity contribution in [2.75, 3.05) is 0 Å². The first-order valence-electron chi connectivity index (χ1n) is 7.71. The molecule has 0 radical (unpaired) electrons. The number of aromatic nitrogens is 1. The van der Waals surface area contributed by atoms with Crippen LogP contribution in [-0.4, -0.2) is 4.98 Å². The van der Waals surface area contributed by atoms with Crippen LogP contribution in [-0.2, 0) is 10.8 Å². The van der Waals surface area contributed by atoms with Crippen LogP contribution < -0.4 is 0 Å². The van der Waals surface area contributed by atoms with Gasteiger partial charge in [0.15, 0.2) is 0 Å². The predicted octanol–water partition coefficient (Wildman–Crippen LogP) is 5.61. The Bertz CT molecular complexity index is 554. The van der Waals surface area contributed by atoms with Crippen molar-refractivity contribution in [1.29, 1.82) is 0 Å². The van der Waals surface area contributed by atoms with Gasteiger partial charge in [-0.25, -0.2) is 0 Å². The van der Waals surface area contributed by atoms with E-state index in [9.17, 15) is 0 Å². The van der Waals surface area contributed by atoms with Crippen LogP contribution in [0.5, 0.6) is 0 Å². The summed E-state index contributed by atoms with van der Waals surface area (Å²) in [6.45, 7) is 13.8. The van der Waals surface area contributed by atoms with Gasteiger partial charge >= 0.3 is 0 Å². The summed E-state index contributed by atoms with van der Waals surface area (Å²) in [5, 5.41) is 2.68. The molecule has 0 spiro atoms. The number of benzene rings is 1. The summed E-state index contributed by atoms with van der Waals surface area (Å²) in [7, 11) is 0. The van der Waals surface area contributed by atoms with Gasteiger partial charge in [0.2, 0.25) is 0 Å². The van der Waals surface area contributed by atoms with Crippen molar-refractivity contribution >= 4 is 10.8 Å². The van der Waals surface area contributed by atoms with E-state index in [1.807, 2.05) is 12.4 Å². The van der Waals surface area contributed by atoms with E-state index in [1.165, 1.54) is 21.9 Å². The molecule has 0 amide bonds. The molecular weight excluding hydrogens is 242 g/mol. The lowest BCUT2D eigenvalue weighted by Gasteiger charge is -2.30. The lowest BCUT2D eigenvalue weighted by molar-refractivity contribution is 0.502. The minimum absolute atomic E-state index is 0.191. The number of fused-ring (bicyclic) bond motifs is 1. The van der Waals surface area contributed by atoms with E-state index < -0.39 is 0 Å². The van der Waals surface area contributed by atoms with Crippen molar-refractivity contribution in [3.63, 3.8) is 0 Å². The van der Waals surface area contributed by atoms with Crippen LogP contribution in [0.4, 0.5) is 0 Å². The zero-order valence-corrected chi connectivity index (χ0v) is 13.7. The number of hydrogen-bond donors (Lipinski definition) is 0. The maximum absolute atomic E-state index is 4.37. The Hall–Kier alpha value is -1.37. The lowest BCUT2D eigenvalue weighted by atomic mass is 9.75. The molecule has 0 aliphatic rings. The topological polar surface area (TPSA) is 12.9 Å². The molecule has 108 valence electrons. The molecule has 1 aromatic carbocycles. The van der Waals surface area contributed by atoms with E-state index in [2.05, 4.69) is 64.7 Å². The smallest absolute Gasteiger partial charge is 0.0349 e. The van der Waals surface area contributed by atoms with E-state index in [-0.39, 0.29) is 10.8 Å². The molecule has 0 fully saturated rings. The summed E-state index contributed by atoms with van der Waals surface area (Å²) in [4.78, 5) is 4.37. The summed E-state index contributed by atoms with van der Waals surface area (Å²) in [5.41, 5.74) is 3.25. The van der Waals surface area contributed by atoms with Crippen LogP contribution in [0.25, 0.3) is 10.8 Å². The average Bonchev–Trinajstić information content (AvgIpc) is 2.45. The largest absolute Gasteiger partial charge is 0.264 e. The van der Waals surface area contributed by atoms with Crippen molar-refractivity contribution in [1.82, 2.24) is 4.98 Å². The van der Waals surface area contributed by atoms with Gasteiger partial charge in [-0.2, -0.15) is 0 Å². The molecule has 0 saturated carbocycles. The highest BCUT2D eigenvalue weighted by Gasteiger charge is 2.25. The van der Waals surface area contributed by atoms with Crippen LogP contribution in [0.3, 0.4) is 0 Å². The second kappa shape index (κ2) is 5.20. The van der Waals surface area contributed by atoms with E-state index in [4.69, 9.17) is 0 Å². The first-order chi connectivity index (χ1) is 9.33. The first kappa shape index (κ1) is 15.0. The molecule has 2 aromatic rings. The summed E-state index contributed by atoms with van der Waals surface area (Å²) < 4.78 is 0. The van der Waals surface area contributed by atoms with Crippen LogP contribution in [0.15, 0.2) is 30.6 Å². The Labute approximate surface area is 123 Å². The van der Waals surface area contributed by atoms with Crippen molar-refractivity contribution in [2.24, 2.45) is 0 Å². The number of pyridine rings is 1. The SMILES string of the molecule is CCC(C)(C)c1ccc(C(C)(C)CC)c2cnccc12. The molecule has 0 aliphatic carbocycles. The number of rotatable bonds is 4. The Balaban J connectivity index is 2.78. The minimum Gasteiger partial charge on any atom is -0.264 e. The molecule has 1 aromatic heterocycles. The molecule has 0 atom stereocenters. The van der Waals surface area contributed by atoms with Crippen LogP contribution in [0.1, 0.15) is 65.5 Å². The highest BCUT2D eigenvalue weighted by molar-refractivity contribution is 5.89. The third-order valence-electron chi connectivity index (χ3n) is 5.04. The monoisotopic (exact) mass is 269 g/mol. The molecule has 1 heterocycles. The molecule has 0 unspecified atom stereocenters. The van der Waals surface area contributed by atoms with Crippen molar-refractivity contribution in [3.8, 4) is 0 Å². The van der Waals surface area contributed by atoms with Crippen LogP contribution in [0, 0.1) is 0 Å². The van der Waals surface area contributed by atoms with Gasteiger partial charge < -0.3 is 0 Å². The fourth-order valence-electron chi connectivity index (χ4n) is 2.75. The maximum atomic E-state index is 4.37. The Morgan fingerprint density at radius 2 is 1.30 bits per heavy atom. The standard InChI is InChI=1S/C19H27N/c1-7-18(3,4)16-9-10-17(19(5,6)8-2)15-13-20-12-11-14(15)16/h9-13H,7-8H2,1-6H3. The second-order valence-corrected chi connectivity index (χ2v) is 7.06. The van der Waals surface area contributed by atoms with E-state index >= 15 is 0 Å². The Kier molecular flexibility index (Phi) is 3.90. The van der Waals surface area contributed by atoms with E-state index in [1.54, 1.807) is 0 Å². The minimum atomic E-state index is 0.191. The van der Waals surface area contributed by atoms with Gasteiger partial charge in [0.25, 0.3) is 0 Å². The normalized spacial score (nSPS) is 12.9. The average molecular weight is 269 g/mol. The quantitative estimate of drug-likeness (QED) is 0.703. The second-order valence-electron chi connectivity index (χ2n) is 7.06. The highest BCUT2D eigenvalue weighted by atomic mass is 14.6. The molecule has 0 bridgehead atoms. The fourth-order valence-corrected chi connectivity index (χ4v) is 2.75. The van der Waals surface area contributed by atoms with Gasteiger partial charge in [-0.15, -0.1) is 0 Å². The zero-order valence-electron chi connectivity index (χ0n) is 13.7. The van der Waals surface area contributed by atoms with Gasteiger partial charge in [-0.05, 0) is 46.3 Å². The van der Waals surface area contributed by atoms with Gasteiger partial charge in [0, 0.05) is 17.8 Å². The van der Waals surface area contributed by atoms with Crippen LogP contribution in [0.2, 0.25) is 0 Å². The third-order valence-corrected chi connectivity index (χ3v) is 5.04. The molecule has 2 rings (SSSR count). The summed E-state index contributed by atoms with van der Waals surface area (Å²) in [5.74, 6) is 0. The molecule has 0 aliphatic heterocycles. The highest BCUT2D eigenvalue weighted by Crippen LogP contribution is 2.38.